The molecule has 1 aliphatic rings. The Morgan fingerprint density at radius 1 is 1.03 bits per heavy atom. The number of nitrogens with one attached hydrogen (secondary N) is 2. The molecule has 184 valence electrons. The van der Waals surface area contributed by atoms with Crippen molar-refractivity contribution in [2.24, 2.45) is 4.40 Å². The lowest BCUT2D eigenvalue weighted by atomic mass is 10.0. The number of anilines is 2. The van der Waals surface area contributed by atoms with E-state index >= 15 is 0 Å². The summed E-state index contributed by atoms with van der Waals surface area (Å²) in [5.41, 5.74) is 8.81. The van der Waals surface area contributed by atoms with Crippen molar-refractivity contribution in [3.05, 3.63) is 106 Å². The topological polar surface area (TPSA) is 135 Å². The molecular weight excluding hydrogens is 512 g/mol. The van der Waals surface area contributed by atoms with Gasteiger partial charge in [0.05, 0.1) is 11.4 Å². The molecule has 0 atom stereocenters. The predicted molar refractivity (Wildman–Crippen MR) is 145 cm³/mol. The second-order valence-electron chi connectivity index (χ2n) is 8.51. The van der Waals surface area contributed by atoms with Gasteiger partial charge >= 0.3 is 0 Å². The standard InChI is InChI=1S/C26H19ClN6O3S/c27-16-7-8-20-18(13-16)23(17-4-3-10-30-26(17)34)24(33(20)14-15-9-11-29-22(28)12-15)25-31-19-5-1-2-6-21(19)37(35,36)32-25/h1-13H,14H2,(H2,28,29)(H,30,34)(H,31,32). The second-order valence-corrected chi connectivity index (χ2v) is 10.5. The summed E-state index contributed by atoms with van der Waals surface area (Å²) >= 11 is 6.40. The number of amidine groups is 1. The summed E-state index contributed by atoms with van der Waals surface area (Å²) in [6.07, 6.45) is 3.14. The average Bonchev–Trinajstić information content (AvgIpc) is 3.17. The van der Waals surface area contributed by atoms with E-state index in [1.807, 2.05) is 16.7 Å². The number of halogens is 1. The Balaban J connectivity index is 1.72. The van der Waals surface area contributed by atoms with Gasteiger partial charge in [0.15, 0.2) is 5.84 Å². The molecule has 2 aromatic carbocycles. The minimum atomic E-state index is -4.02. The SMILES string of the molecule is Nc1cc(Cn2c(C3=NS(=O)(=O)c4ccccc4N3)c(-c3ccc[nH]c3=O)c3cc(Cl)ccc32)ccn1. The van der Waals surface area contributed by atoms with E-state index in [1.54, 1.807) is 54.7 Å². The second kappa shape index (κ2) is 8.61. The van der Waals surface area contributed by atoms with E-state index in [1.165, 1.54) is 12.3 Å². The number of rotatable bonds is 4. The highest BCUT2D eigenvalue weighted by atomic mass is 35.5. The van der Waals surface area contributed by atoms with Crippen molar-refractivity contribution in [3.8, 4) is 11.1 Å². The lowest BCUT2D eigenvalue weighted by Crippen LogP contribution is -2.26. The molecule has 0 aliphatic carbocycles. The summed E-state index contributed by atoms with van der Waals surface area (Å²) in [7, 11) is -4.02. The normalized spacial score (nSPS) is 14.1. The largest absolute Gasteiger partial charge is 0.384 e. The third-order valence-corrected chi connectivity index (χ3v) is 7.72. The van der Waals surface area contributed by atoms with Crippen molar-refractivity contribution < 1.29 is 8.42 Å². The first-order chi connectivity index (χ1) is 17.8. The first-order valence-electron chi connectivity index (χ1n) is 11.2. The summed E-state index contributed by atoms with van der Waals surface area (Å²) in [6.45, 7) is 0.299. The Morgan fingerprint density at radius 3 is 2.68 bits per heavy atom. The van der Waals surface area contributed by atoms with E-state index in [0.29, 0.717) is 45.3 Å². The number of benzene rings is 2. The molecular formula is C26H19ClN6O3S. The summed E-state index contributed by atoms with van der Waals surface area (Å²) in [6, 6.07) is 18.8. The number of hydrogen-bond acceptors (Lipinski definition) is 6. The zero-order valence-electron chi connectivity index (χ0n) is 19.1. The van der Waals surface area contributed by atoms with Crippen molar-refractivity contribution >= 4 is 49.9 Å². The molecule has 0 spiro atoms. The molecule has 0 radical (unpaired) electrons. The third kappa shape index (κ3) is 3.96. The van der Waals surface area contributed by atoms with Gasteiger partial charge in [0.1, 0.15) is 10.7 Å². The Hall–Kier alpha value is -4.41. The Labute approximate surface area is 216 Å². The van der Waals surface area contributed by atoms with Crippen molar-refractivity contribution in [2.45, 2.75) is 11.4 Å². The molecule has 5 aromatic rings. The third-order valence-electron chi connectivity index (χ3n) is 6.15. The summed E-state index contributed by atoms with van der Waals surface area (Å²) in [5.74, 6) is 0.439. The minimum absolute atomic E-state index is 0.0745. The molecule has 0 saturated carbocycles. The van der Waals surface area contributed by atoms with E-state index in [-0.39, 0.29) is 16.3 Å². The van der Waals surface area contributed by atoms with Crippen LogP contribution >= 0.6 is 11.6 Å². The van der Waals surface area contributed by atoms with Gasteiger partial charge in [-0.3, -0.25) is 4.79 Å². The molecule has 4 heterocycles. The molecule has 37 heavy (non-hydrogen) atoms. The molecule has 0 bridgehead atoms. The zero-order valence-corrected chi connectivity index (χ0v) is 20.7. The van der Waals surface area contributed by atoms with Crippen LogP contribution in [-0.4, -0.2) is 28.8 Å². The Bertz CT molecular complexity index is 1910. The fourth-order valence-corrected chi connectivity index (χ4v) is 5.91. The van der Waals surface area contributed by atoms with E-state index in [9.17, 15) is 13.2 Å². The van der Waals surface area contributed by atoms with E-state index in [4.69, 9.17) is 17.3 Å². The number of aromatic amines is 1. The van der Waals surface area contributed by atoms with Gasteiger partial charge in [0.2, 0.25) is 0 Å². The summed E-state index contributed by atoms with van der Waals surface area (Å²) in [5, 5.41) is 4.31. The highest BCUT2D eigenvalue weighted by molar-refractivity contribution is 7.90. The molecule has 1 aliphatic heterocycles. The van der Waals surface area contributed by atoms with Crippen LogP contribution in [0.25, 0.3) is 22.0 Å². The van der Waals surface area contributed by atoms with Crippen LogP contribution in [0.2, 0.25) is 5.02 Å². The molecule has 0 saturated heterocycles. The molecule has 9 nitrogen and oxygen atoms in total. The van der Waals surface area contributed by atoms with Gasteiger partial charge in [0, 0.05) is 46.0 Å². The fraction of sp³-hybridized carbons (Fsp3) is 0.0385. The maximum atomic E-state index is 13.2. The van der Waals surface area contributed by atoms with Gasteiger partial charge in [-0.15, -0.1) is 4.40 Å². The van der Waals surface area contributed by atoms with Gasteiger partial charge in [0.25, 0.3) is 15.6 Å². The molecule has 11 heteroatoms. The molecule has 0 amide bonds. The quantitative estimate of drug-likeness (QED) is 0.318. The van der Waals surface area contributed by atoms with Gasteiger partial charge < -0.3 is 20.6 Å². The molecule has 6 rings (SSSR count). The van der Waals surface area contributed by atoms with Gasteiger partial charge in [-0.25, -0.2) is 4.98 Å². The number of nitrogens with zero attached hydrogens (tertiary/aromatic N) is 3. The summed E-state index contributed by atoms with van der Waals surface area (Å²) < 4.78 is 32.5. The maximum absolute atomic E-state index is 13.2. The Morgan fingerprint density at radius 2 is 1.86 bits per heavy atom. The number of sulfonamides is 1. The highest BCUT2D eigenvalue weighted by Crippen LogP contribution is 2.38. The van der Waals surface area contributed by atoms with Gasteiger partial charge in [-0.2, -0.15) is 8.42 Å². The minimum Gasteiger partial charge on any atom is -0.384 e. The molecule has 3 aromatic heterocycles. The number of pyridine rings is 2. The van der Waals surface area contributed by atoms with Crippen LogP contribution in [0.1, 0.15) is 11.3 Å². The lowest BCUT2D eigenvalue weighted by molar-refractivity contribution is 0.597. The van der Waals surface area contributed by atoms with E-state index in [2.05, 4.69) is 19.7 Å². The van der Waals surface area contributed by atoms with Crippen molar-refractivity contribution in [3.63, 3.8) is 0 Å². The average molecular weight is 531 g/mol. The van der Waals surface area contributed by atoms with Gasteiger partial charge in [-0.1, -0.05) is 23.7 Å². The Kier molecular flexibility index (Phi) is 5.36. The number of aromatic nitrogens is 3. The van der Waals surface area contributed by atoms with Crippen LogP contribution in [0.5, 0.6) is 0 Å². The van der Waals surface area contributed by atoms with E-state index < -0.39 is 10.0 Å². The molecule has 4 N–H and O–H groups in total. The first-order valence-corrected chi connectivity index (χ1v) is 13.1. The predicted octanol–water partition coefficient (Wildman–Crippen LogP) is 4.24. The van der Waals surface area contributed by atoms with Crippen LogP contribution in [-0.2, 0) is 16.6 Å². The monoisotopic (exact) mass is 530 g/mol. The smallest absolute Gasteiger partial charge is 0.286 e. The van der Waals surface area contributed by atoms with Crippen molar-refractivity contribution in [1.29, 1.82) is 0 Å². The number of hydrogen-bond donors (Lipinski definition) is 3. The van der Waals surface area contributed by atoms with Crippen molar-refractivity contribution in [2.75, 3.05) is 11.1 Å². The molecule has 0 unspecified atom stereocenters. The van der Waals surface area contributed by atoms with Crippen LogP contribution < -0.4 is 16.6 Å². The number of para-hydroxylation sites is 1. The van der Waals surface area contributed by atoms with Crippen LogP contribution in [0.15, 0.2) is 93.2 Å². The number of fused-ring (bicyclic) bond motifs is 2. The maximum Gasteiger partial charge on any atom is 0.286 e. The van der Waals surface area contributed by atoms with Crippen molar-refractivity contribution in [1.82, 2.24) is 14.5 Å². The lowest BCUT2D eigenvalue weighted by Gasteiger charge is -2.21. The summed E-state index contributed by atoms with van der Waals surface area (Å²) in [4.78, 5) is 19.9. The number of nitrogens with two attached hydrogens (primary N) is 1. The number of nitrogen functional groups attached to an aromatic ring is 1. The first kappa shape index (κ1) is 23.0. The highest BCUT2D eigenvalue weighted by Gasteiger charge is 2.31. The fourth-order valence-electron chi connectivity index (χ4n) is 4.62. The molecule has 0 fully saturated rings. The zero-order chi connectivity index (χ0) is 25.7. The van der Waals surface area contributed by atoms with Crippen LogP contribution in [0.4, 0.5) is 11.5 Å². The number of H-pyrrole nitrogens is 1. The van der Waals surface area contributed by atoms with Crippen LogP contribution in [0, 0.1) is 0 Å². The van der Waals surface area contributed by atoms with Gasteiger partial charge in [-0.05, 0) is 60.2 Å². The van der Waals surface area contributed by atoms with E-state index in [0.717, 1.165) is 11.1 Å². The van der Waals surface area contributed by atoms with Crippen LogP contribution in [0.3, 0.4) is 0 Å².